The molecule has 2 aromatic rings. The second kappa shape index (κ2) is 11.1. The molecule has 0 radical (unpaired) electrons. The highest BCUT2D eigenvalue weighted by molar-refractivity contribution is 7.15. The van der Waals surface area contributed by atoms with E-state index in [1.54, 1.807) is 11.3 Å². The summed E-state index contributed by atoms with van der Waals surface area (Å²) in [5.74, 6) is 0.921. The van der Waals surface area contributed by atoms with Crippen LogP contribution < -0.4 is 10.1 Å². The molecule has 34 heavy (non-hydrogen) atoms. The van der Waals surface area contributed by atoms with Crippen molar-refractivity contribution in [2.45, 2.75) is 83.3 Å². The van der Waals surface area contributed by atoms with E-state index in [2.05, 4.69) is 41.4 Å². The van der Waals surface area contributed by atoms with E-state index in [1.807, 2.05) is 4.90 Å². The van der Waals surface area contributed by atoms with Gasteiger partial charge in [-0.2, -0.15) is 0 Å². The van der Waals surface area contributed by atoms with E-state index in [-0.39, 0.29) is 6.03 Å². The van der Waals surface area contributed by atoms with Gasteiger partial charge in [-0.1, -0.05) is 19.3 Å². The van der Waals surface area contributed by atoms with Gasteiger partial charge in [0, 0.05) is 42.0 Å². The predicted molar refractivity (Wildman–Crippen MR) is 137 cm³/mol. The molecule has 5 rings (SSSR count). The lowest BCUT2D eigenvalue weighted by atomic mass is 9.96. The molecule has 2 aliphatic heterocycles. The molecule has 1 unspecified atom stereocenters. The summed E-state index contributed by atoms with van der Waals surface area (Å²) in [6.45, 7) is 6.86. The van der Waals surface area contributed by atoms with Gasteiger partial charge in [-0.15, -0.1) is 11.3 Å². The lowest BCUT2D eigenvalue weighted by Crippen LogP contribution is -2.47. The number of fused-ring (bicyclic) bond motifs is 1. The summed E-state index contributed by atoms with van der Waals surface area (Å²) in [4.78, 5) is 23.4. The molecule has 3 heterocycles. The van der Waals surface area contributed by atoms with Crippen LogP contribution >= 0.6 is 11.3 Å². The van der Waals surface area contributed by atoms with Crippen LogP contribution in [0.2, 0.25) is 0 Å². The molecule has 0 bridgehead atoms. The maximum absolute atomic E-state index is 12.8. The Hall–Kier alpha value is -2.12. The fourth-order valence-corrected chi connectivity index (χ4v) is 6.61. The molecule has 2 fully saturated rings. The van der Waals surface area contributed by atoms with Crippen molar-refractivity contribution in [2.24, 2.45) is 0 Å². The highest BCUT2D eigenvalue weighted by Crippen LogP contribution is 2.32. The fraction of sp³-hybridized carbons (Fsp3) is 0.630. The first-order valence-corrected chi connectivity index (χ1v) is 14.0. The number of likely N-dealkylation sites (tertiary alicyclic amines) is 1. The van der Waals surface area contributed by atoms with Crippen LogP contribution in [0.15, 0.2) is 24.3 Å². The third-order valence-corrected chi connectivity index (χ3v) is 8.73. The fourth-order valence-electron chi connectivity index (χ4n) is 5.48. The minimum Gasteiger partial charge on any atom is -0.494 e. The third kappa shape index (κ3) is 5.74. The zero-order valence-corrected chi connectivity index (χ0v) is 21.2. The molecular formula is C27H38N4O2S. The maximum atomic E-state index is 12.8. The molecule has 1 aliphatic carbocycles. The average Bonchev–Trinajstić information content (AvgIpc) is 3.48. The summed E-state index contributed by atoms with van der Waals surface area (Å²) in [6.07, 6.45) is 10.6. The van der Waals surface area contributed by atoms with Gasteiger partial charge in [0.25, 0.3) is 0 Å². The summed E-state index contributed by atoms with van der Waals surface area (Å²) in [6, 6.07) is 9.49. The molecule has 1 aromatic heterocycles. The van der Waals surface area contributed by atoms with Crippen LogP contribution in [-0.4, -0.2) is 59.1 Å². The first-order chi connectivity index (χ1) is 16.7. The number of rotatable bonds is 7. The number of thiazole rings is 1. The predicted octanol–water partition coefficient (Wildman–Crippen LogP) is 5.46. The van der Waals surface area contributed by atoms with Crippen molar-refractivity contribution in [3.63, 3.8) is 0 Å². The molecular weight excluding hydrogens is 444 g/mol. The molecule has 1 saturated heterocycles. The van der Waals surface area contributed by atoms with Gasteiger partial charge < -0.3 is 19.9 Å². The Morgan fingerprint density at radius 2 is 1.94 bits per heavy atom. The van der Waals surface area contributed by atoms with Gasteiger partial charge >= 0.3 is 6.03 Å². The Morgan fingerprint density at radius 1 is 1.12 bits per heavy atom. The standard InChI is InChI=1S/C27H38N4O2S/c1-20-7-5-15-30(20)16-6-18-33-23-12-10-21(11-13-23)26-29-24-14-17-31(19-25(24)34-26)27(32)28-22-8-3-2-4-9-22/h10-13,20,22H,2-9,14-19H2,1H3,(H,28,32). The number of hydrogen-bond donors (Lipinski definition) is 1. The molecule has 3 aliphatic rings. The quantitative estimate of drug-likeness (QED) is 0.532. The van der Waals surface area contributed by atoms with Gasteiger partial charge in [-0.05, 0) is 69.8 Å². The number of nitrogens with zero attached hydrogens (tertiary/aromatic N) is 3. The Labute approximate surface area is 207 Å². The summed E-state index contributed by atoms with van der Waals surface area (Å²) < 4.78 is 5.98. The lowest BCUT2D eigenvalue weighted by Gasteiger charge is -2.30. The summed E-state index contributed by atoms with van der Waals surface area (Å²) in [7, 11) is 0. The Bertz CT molecular complexity index is 954. The number of carbonyl (C=O) groups excluding carboxylic acids is 1. The van der Waals surface area contributed by atoms with E-state index >= 15 is 0 Å². The topological polar surface area (TPSA) is 57.7 Å². The van der Waals surface area contributed by atoms with Crippen LogP contribution in [0.3, 0.4) is 0 Å². The molecule has 7 heteroatoms. The van der Waals surface area contributed by atoms with Crippen LogP contribution in [0, 0.1) is 0 Å². The number of benzene rings is 1. The molecule has 2 amide bonds. The largest absolute Gasteiger partial charge is 0.494 e. The van der Waals surface area contributed by atoms with E-state index in [9.17, 15) is 4.79 Å². The monoisotopic (exact) mass is 482 g/mol. The highest BCUT2D eigenvalue weighted by Gasteiger charge is 2.26. The van der Waals surface area contributed by atoms with Crippen molar-refractivity contribution in [1.82, 2.24) is 20.1 Å². The summed E-state index contributed by atoms with van der Waals surface area (Å²) >= 11 is 1.72. The third-order valence-electron chi connectivity index (χ3n) is 7.60. The van der Waals surface area contributed by atoms with Crippen molar-refractivity contribution in [3.8, 4) is 16.3 Å². The van der Waals surface area contributed by atoms with Crippen molar-refractivity contribution >= 4 is 17.4 Å². The van der Waals surface area contributed by atoms with Crippen LogP contribution in [0.1, 0.15) is 68.9 Å². The molecule has 1 N–H and O–H groups in total. The molecule has 0 spiro atoms. The number of hydrogen-bond acceptors (Lipinski definition) is 5. The zero-order chi connectivity index (χ0) is 23.3. The van der Waals surface area contributed by atoms with Gasteiger partial charge in [0.15, 0.2) is 0 Å². The summed E-state index contributed by atoms with van der Waals surface area (Å²) in [5.41, 5.74) is 2.27. The second-order valence-electron chi connectivity index (χ2n) is 10.1. The SMILES string of the molecule is CC1CCCN1CCCOc1ccc(-c2nc3c(s2)CN(C(=O)NC2CCCCC2)CC3)cc1. The van der Waals surface area contributed by atoms with E-state index in [1.165, 1.54) is 43.5 Å². The summed E-state index contributed by atoms with van der Waals surface area (Å²) in [5, 5.41) is 4.29. The van der Waals surface area contributed by atoms with Gasteiger partial charge in [-0.3, -0.25) is 0 Å². The first kappa shape index (κ1) is 23.6. The van der Waals surface area contributed by atoms with Crippen molar-refractivity contribution in [2.75, 3.05) is 26.2 Å². The lowest BCUT2D eigenvalue weighted by molar-refractivity contribution is 0.185. The normalized spacial score (nSPS) is 21.4. The Balaban J connectivity index is 1.12. The molecule has 1 saturated carbocycles. The van der Waals surface area contributed by atoms with E-state index < -0.39 is 0 Å². The number of ether oxygens (including phenoxy) is 1. The van der Waals surface area contributed by atoms with Crippen LogP contribution in [-0.2, 0) is 13.0 Å². The number of aromatic nitrogens is 1. The zero-order valence-electron chi connectivity index (χ0n) is 20.4. The molecule has 1 aromatic carbocycles. The number of urea groups is 1. The highest BCUT2D eigenvalue weighted by atomic mass is 32.1. The van der Waals surface area contributed by atoms with Crippen molar-refractivity contribution in [1.29, 1.82) is 0 Å². The van der Waals surface area contributed by atoms with Gasteiger partial charge in [0.1, 0.15) is 10.8 Å². The Morgan fingerprint density at radius 3 is 2.71 bits per heavy atom. The first-order valence-electron chi connectivity index (χ1n) is 13.2. The minimum atomic E-state index is 0.0909. The molecule has 1 atom stereocenters. The molecule has 184 valence electrons. The molecule has 6 nitrogen and oxygen atoms in total. The van der Waals surface area contributed by atoms with Gasteiger partial charge in [-0.25, -0.2) is 9.78 Å². The van der Waals surface area contributed by atoms with Gasteiger partial charge in [0.05, 0.1) is 18.8 Å². The van der Waals surface area contributed by atoms with E-state index in [0.29, 0.717) is 12.6 Å². The minimum absolute atomic E-state index is 0.0909. The number of nitrogens with one attached hydrogen (secondary N) is 1. The number of carbonyl (C=O) groups is 1. The van der Waals surface area contributed by atoms with Crippen molar-refractivity contribution in [3.05, 3.63) is 34.8 Å². The van der Waals surface area contributed by atoms with Crippen LogP contribution in [0.5, 0.6) is 5.75 Å². The van der Waals surface area contributed by atoms with E-state index in [4.69, 9.17) is 9.72 Å². The van der Waals surface area contributed by atoms with Crippen molar-refractivity contribution < 1.29 is 9.53 Å². The van der Waals surface area contributed by atoms with Crippen LogP contribution in [0.25, 0.3) is 10.6 Å². The smallest absolute Gasteiger partial charge is 0.317 e. The average molecular weight is 483 g/mol. The van der Waals surface area contributed by atoms with Crippen LogP contribution in [0.4, 0.5) is 4.79 Å². The Kier molecular flexibility index (Phi) is 7.70. The number of amides is 2. The maximum Gasteiger partial charge on any atom is 0.317 e. The van der Waals surface area contributed by atoms with Gasteiger partial charge in [0.2, 0.25) is 0 Å². The second-order valence-corrected chi connectivity index (χ2v) is 11.2. The van der Waals surface area contributed by atoms with E-state index in [0.717, 1.165) is 73.4 Å².